The first kappa shape index (κ1) is 18.3. The molecule has 1 saturated carbocycles. The number of carbonyl (C=O) groups excluding carboxylic acids is 1. The van der Waals surface area contributed by atoms with E-state index < -0.39 is 46.9 Å². The molecule has 2 rings (SSSR count). The lowest BCUT2D eigenvalue weighted by Crippen LogP contribution is -2.42. The van der Waals surface area contributed by atoms with Crippen LogP contribution in [0, 0.1) is 28.8 Å². The standard InChI is InChI=1S/C17H20F3NO3/c1-17(9-15(22)23,10-5-3-2-4-6-10)16(24)21-14-8-12(19)11(18)7-13(14)20/h7-8,10H,2-6,9H2,1H3,(H,21,24)(H,22,23). The van der Waals surface area contributed by atoms with E-state index in [1.165, 1.54) is 6.92 Å². The van der Waals surface area contributed by atoms with Crippen LogP contribution in [0.4, 0.5) is 18.9 Å². The van der Waals surface area contributed by atoms with Gasteiger partial charge in [0.2, 0.25) is 5.91 Å². The first-order valence-corrected chi connectivity index (χ1v) is 7.92. The maximum atomic E-state index is 13.7. The van der Waals surface area contributed by atoms with E-state index in [1.807, 2.05) is 0 Å². The highest BCUT2D eigenvalue weighted by Gasteiger charge is 2.43. The van der Waals surface area contributed by atoms with Crippen molar-refractivity contribution in [2.75, 3.05) is 5.32 Å². The third kappa shape index (κ3) is 3.88. The van der Waals surface area contributed by atoms with Crippen LogP contribution in [0.2, 0.25) is 0 Å². The third-order valence-corrected chi connectivity index (χ3v) is 4.80. The number of aliphatic carboxylic acids is 1. The van der Waals surface area contributed by atoms with E-state index >= 15 is 0 Å². The second-order valence-corrected chi connectivity index (χ2v) is 6.52. The maximum absolute atomic E-state index is 13.7. The predicted molar refractivity (Wildman–Crippen MR) is 81.9 cm³/mol. The lowest BCUT2D eigenvalue weighted by atomic mass is 9.67. The number of rotatable bonds is 5. The highest BCUT2D eigenvalue weighted by molar-refractivity contribution is 5.97. The van der Waals surface area contributed by atoms with Gasteiger partial charge < -0.3 is 10.4 Å². The molecule has 7 heteroatoms. The van der Waals surface area contributed by atoms with Crippen molar-refractivity contribution in [2.24, 2.45) is 11.3 Å². The van der Waals surface area contributed by atoms with Gasteiger partial charge in [0, 0.05) is 12.1 Å². The van der Waals surface area contributed by atoms with Gasteiger partial charge in [-0.3, -0.25) is 9.59 Å². The van der Waals surface area contributed by atoms with Gasteiger partial charge in [0.25, 0.3) is 0 Å². The molecule has 1 amide bonds. The van der Waals surface area contributed by atoms with Crippen molar-refractivity contribution in [3.8, 4) is 0 Å². The molecule has 1 aromatic rings. The summed E-state index contributed by atoms with van der Waals surface area (Å²) < 4.78 is 40.0. The van der Waals surface area contributed by atoms with Gasteiger partial charge in [0.05, 0.1) is 17.5 Å². The van der Waals surface area contributed by atoms with Gasteiger partial charge >= 0.3 is 5.97 Å². The molecule has 0 bridgehead atoms. The van der Waals surface area contributed by atoms with Gasteiger partial charge in [-0.2, -0.15) is 0 Å². The molecule has 2 N–H and O–H groups in total. The summed E-state index contributed by atoms with van der Waals surface area (Å²) in [5, 5.41) is 11.4. The summed E-state index contributed by atoms with van der Waals surface area (Å²) in [7, 11) is 0. The van der Waals surface area contributed by atoms with Gasteiger partial charge in [0.15, 0.2) is 11.6 Å². The van der Waals surface area contributed by atoms with Crippen molar-refractivity contribution < 1.29 is 27.9 Å². The summed E-state index contributed by atoms with van der Waals surface area (Å²) in [5.74, 6) is -5.74. The summed E-state index contributed by atoms with van der Waals surface area (Å²) >= 11 is 0. The third-order valence-electron chi connectivity index (χ3n) is 4.80. The second kappa shape index (κ2) is 7.23. The Bertz CT molecular complexity index is 644. The number of benzene rings is 1. The molecule has 132 valence electrons. The highest BCUT2D eigenvalue weighted by atomic mass is 19.2. The van der Waals surface area contributed by atoms with Crippen molar-refractivity contribution >= 4 is 17.6 Å². The Morgan fingerprint density at radius 1 is 1.12 bits per heavy atom. The Labute approximate surface area is 138 Å². The monoisotopic (exact) mass is 343 g/mol. The van der Waals surface area contributed by atoms with Crippen LogP contribution >= 0.6 is 0 Å². The molecule has 0 spiro atoms. The minimum Gasteiger partial charge on any atom is -0.481 e. The lowest BCUT2D eigenvalue weighted by molar-refractivity contribution is -0.145. The molecular weight excluding hydrogens is 323 g/mol. The van der Waals surface area contributed by atoms with E-state index in [2.05, 4.69) is 5.32 Å². The van der Waals surface area contributed by atoms with Crippen LogP contribution in [0.15, 0.2) is 12.1 Å². The van der Waals surface area contributed by atoms with Crippen LogP contribution in [0.5, 0.6) is 0 Å². The molecular formula is C17H20F3NO3. The molecule has 0 heterocycles. The summed E-state index contributed by atoms with van der Waals surface area (Å²) in [5.41, 5.74) is -1.74. The summed E-state index contributed by atoms with van der Waals surface area (Å²) in [6, 6.07) is 0.907. The predicted octanol–water partition coefficient (Wildman–Crippen LogP) is 4.10. The Morgan fingerprint density at radius 3 is 2.29 bits per heavy atom. The zero-order valence-electron chi connectivity index (χ0n) is 13.4. The fraction of sp³-hybridized carbons (Fsp3) is 0.529. The highest BCUT2D eigenvalue weighted by Crippen LogP contribution is 2.42. The molecule has 1 atom stereocenters. The number of anilines is 1. The van der Waals surface area contributed by atoms with E-state index in [0.717, 1.165) is 19.3 Å². The van der Waals surface area contributed by atoms with Crippen LogP contribution < -0.4 is 5.32 Å². The molecule has 0 aliphatic heterocycles. The number of hydrogen-bond acceptors (Lipinski definition) is 2. The van der Waals surface area contributed by atoms with Gasteiger partial charge in [-0.05, 0) is 25.7 Å². The molecule has 1 fully saturated rings. The summed E-state index contributed by atoms with van der Waals surface area (Å²) in [6.07, 6.45) is 3.82. The van der Waals surface area contributed by atoms with Crippen molar-refractivity contribution in [3.05, 3.63) is 29.6 Å². The van der Waals surface area contributed by atoms with Crippen LogP contribution in [0.25, 0.3) is 0 Å². The number of carbonyl (C=O) groups is 2. The maximum Gasteiger partial charge on any atom is 0.304 e. The largest absolute Gasteiger partial charge is 0.481 e. The molecule has 1 unspecified atom stereocenters. The Balaban J connectivity index is 2.27. The molecule has 1 aliphatic carbocycles. The van der Waals surface area contributed by atoms with E-state index in [4.69, 9.17) is 5.11 Å². The van der Waals surface area contributed by atoms with Crippen molar-refractivity contribution in [2.45, 2.75) is 45.4 Å². The fourth-order valence-electron chi connectivity index (χ4n) is 3.35. The van der Waals surface area contributed by atoms with Gasteiger partial charge in [-0.15, -0.1) is 0 Å². The first-order valence-electron chi connectivity index (χ1n) is 7.92. The van der Waals surface area contributed by atoms with E-state index in [-0.39, 0.29) is 5.92 Å². The smallest absolute Gasteiger partial charge is 0.304 e. The minimum atomic E-state index is -1.36. The molecule has 1 aromatic carbocycles. The lowest BCUT2D eigenvalue weighted by Gasteiger charge is -2.37. The Morgan fingerprint density at radius 2 is 1.71 bits per heavy atom. The number of halogens is 3. The van der Waals surface area contributed by atoms with Gasteiger partial charge in [-0.1, -0.05) is 19.3 Å². The summed E-state index contributed by atoms with van der Waals surface area (Å²) in [6.45, 7) is 1.53. The van der Waals surface area contributed by atoms with Crippen molar-refractivity contribution in [1.29, 1.82) is 0 Å². The van der Waals surface area contributed by atoms with Crippen LogP contribution in [0.3, 0.4) is 0 Å². The first-order chi connectivity index (χ1) is 11.2. The molecule has 1 aliphatic rings. The van der Waals surface area contributed by atoms with E-state index in [9.17, 15) is 22.8 Å². The molecule has 0 radical (unpaired) electrons. The molecule has 4 nitrogen and oxygen atoms in total. The zero-order valence-corrected chi connectivity index (χ0v) is 13.4. The Kier molecular flexibility index (Phi) is 5.51. The average molecular weight is 343 g/mol. The average Bonchev–Trinajstić information content (AvgIpc) is 2.52. The van der Waals surface area contributed by atoms with E-state index in [0.29, 0.717) is 25.0 Å². The topological polar surface area (TPSA) is 66.4 Å². The number of amides is 1. The zero-order chi connectivity index (χ0) is 17.9. The minimum absolute atomic E-state index is 0.157. The SMILES string of the molecule is CC(CC(=O)O)(C(=O)Nc1cc(F)c(F)cc1F)C1CCCCC1. The number of nitrogens with one attached hydrogen (secondary N) is 1. The fourth-order valence-corrected chi connectivity index (χ4v) is 3.35. The van der Waals surface area contributed by atoms with E-state index in [1.54, 1.807) is 0 Å². The van der Waals surface area contributed by atoms with Gasteiger partial charge in [0.1, 0.15) is 5.82 Å². The number of carboxylic acids is 1. The molecule has 24 heavy (non-hydrogen) atoms. The molecule has 0 aromatic heterocycles. The number of carboxylic acid groups (broad SMARTS) is 1. The second-order valence-electron chi connectivity index (χ2n) is 6.52. The normalized spacial score (nSPS) is 18.0. The number of hydrogen-bond donors (Lipinski definition) is 2. The van der Waals surface area contributed by atoms with Crippen molar-refractivity contribution in [3.63, 3.8) is 0 Å². The van der Waals surface area contributed by atoms with Gasteiger partial charge in [-0.25, -0.2) is 13.2 Å². The van der Waals surface area contributed by atoms with Crippen LogP contribution in [-0.4, -0.2) is 17.0 Å². The Hall–Kier alpha value is -2.05. The van der Waals surface area contributed by atoms with Crippen LogP contribution in [-0.2, 0) is 9.59 Å². The van der Waals surface area contributed by atoms with Crippen LogP contribution in [0.1, 0.15) is 45.4 Å². The molecule has 0 saturated heterocycles. The summed E-state index contributed by atoms with van der Waals surface area (Å²) in [4.78, 5) is 23.9. The quantitative estimate of drug-likeness (QED) is 0.791. The van der Waals surface area contributed by atoms with Crippen molar-refractivity contribution in [1.82, 2.24) is 0 Å².